The standard InChI is InChI=1S/C17H16Cl2N2O4/c18-11-1-2-15(22)14(8-11)21-16(23)10-7-13(19)17(20-9-10)25-12-3-5-24-6-4-12/h1-2,7-9,12,22H,3-6H2,(H,21,23). The Kier molecular flexibility index (Phi) is 5.63. The molecule has 25 heavy (non-hydrogen) atoms. The first-order valence-corrected chi connectivity index (χ1v) is 8.48. The summed E-state index contributed by atoms with van der Waals surface area (Å²) in [4.78, 5) is 16.4. The molecule has 1 aliphatic heterocycles. The highest BCUT2D eigenvalue weighted by molar-refractivity contribution is 6.32. The predicted octanol–water partition coefficient (Wildman–Crippen LogP) is 3.90. The highest BCUT2D eigenvalue weighted by Gasteiger charge is 2.19. The summed E-state index contributed by atoms with van der Waals surface area (Å²) in [6, 6.07) is 5.84. The molecule has 0 atom stereocenters. The van der Waals surface area contributed by atoms with E-state index in [4.69, 9.17) is 32.7 Å². The van der Waals surface area contributed by atoms with E-state index in [1.54, 1.807) is 0 Å². The lowest BCUT2D eigenvalue weighted by Crippen LogP contribution is -2.26. The Labute approximate surface area is 154 Å². The third-order valence-electron chi connectivity index (χ3n) is 3.72. The molecule has 1 fully saturated rings. The SMILES string of the molecule is O=C(Nc1cc(Cl)ccc1O)c1cnc(OC2CCOCC2)c(Cl)c1. The van der Waals surface area contributed by atoms with Crippen molar-refractivity contribution in [3.8, 4) is 11.6 Å². The number of pyridine rings is 1. The number of aromatic nitrogens is 1. The second-order valence-corrected chi connectivity index (χ2v) is 6.40. The van der Waals surface area contributed by atoms with Gasteiger partial charge in [-0.2, -0.15) is 0 Å². The number of phenols is 1. The number of amides is 1. The second kappa shape index (κ2) is 7.91. The summed E-state index contributed by atoms with van der Waals surface area (Å²) in [5.74, 6) is -0.267. The van der Waals surface area contributed by atoms with E-state index in [-0.39, 0.29) is 34.0 Å². The molecule has 0 aliphatic carbocycles. The van der Waals surface area contributed by atoms with Crippen molar-refractivity contribution in [3.63, 3.8) is 0 Å². The van der Waals surface area contributed by atoms with Crippen LogP contribution in [0.2, 0.25) is 10.0 Å². The Morgan fingerprint density at radius 1 is 1.28 bits per heavy atom. The zero-order valence-electron chi connectivity index (χ0n) is 13.2. The Hall–Kier alpha value is -2.02. The van der Waals surface area contributed by atoms with E-state index in [1.165, 1.54) is 30.5 Å². The van der Waals surface area contributed by atoms with Crippen LogP contribution in [0.5, 0.6) is 11.6 Å². The quantitative estimate of drug-likeness (QED) is 0.783. The van der Waals surface area contributed by atoms with Crippen LogP contribution in [0.1, 0.15) is 23.2 Å². The number of hydrogen-bond donors (Lipinski definition) is 2. The first-order valence-electron chi connectivity index (χ1n) is 7.73. The lowest BCUT2D eigenvalue weighted by atomic mass is 10.1. The van der Waals surface area contributed by atoms with Crippen molar-refractivity contribution in [2.45, 2.75) is 18.9 Å². The Balaban J connectivity index is 1.71. The highest BCUT2D eigenvalue weighted by Crippen LogP contribution is 2.29. The molecule has 1 amide bonds. The van der Waals surface area contributed by atoms with E-state index < -0.39 is 5.91 Å². The first-order chi connectivity index (χ1) is 12.0. The lowest BCUT2D eigenvalue weighted by Gasteiger charge is -2.23. The van der Waals surface area contributed by atoms with E-state index in [2.05, 4.69) is 10.3 Å². The third kappa shape index (κ3) is 4.54. The Bertz CT molecular complexity index is 779. The van der Waals surface area contributed by atoms with E-state index in [9.17, 15) is 9.90 Å². The first kappa shape index (κ1) is 17.8. The maximum atomic E-state index is 12.3. The van der Waals surface area contributed by atoms with Gasteiger partial charge in [0.05, 0.1) is 24.5 Å². The normalized spacial score (nSPS) is 15.0. The molecule has 2 N–H and O–H groups in total. The zero-order valence-corrected chi connectivity index (χ0v) is 14.7. The van der Waals surface area contributed by atoms with E-state index >= 15 is 0 Å². The molecule has 2 aromatic rings. The number of carbonyl (C=O) groups is 1. The fourth-order valence-corrected chi connectivity index (χ4v) is 2.77. The molecule has 0 spiro atoms. The summed E-state index contributed by atoms with van der Waals surface area (Å²) in [6.07, 6.45) is 2.92. The largest absolute Gasteiger partial charge is 0.506 e. The van der Waals surface area contributed by atoms with Crippen molar-refractivity contribution in [1.82, 2.24) is 4.98 Å². The van der Waals surface area contributed by atoms with Gasteiger partial charge in [-0.15, -0.1) is 0 Å². The lowest BCUT2D eigenvalue weighted by molar-refractivity contribution is 0.0238. The number of rotatable bonds is 4. The molecule has 8 heteroatoms. The van der Waals surface area contributed by atoms with Crippen LogP contribution in [0.3, 0.4) is 0 Å². The summed E-state index contributed by atoms with van der Waals surface area (Å²) in [6.45, 7) is 1.29. The van der Waals surface area contributed by atoms with Gasteiger partial charge in [0, 0.05) is 24.1 Å². The average molecular weight is 383 g/mol. The molecular formula is C17H16Cl2N2O4. The third-order valence-corrected chi connectivity index (χ3v) is 4.23. The summed E-state index contributed by atoms with van der Waals surface area (Å²) in [5.41, 5.74) is 0.444. The number of nitrogens with zero attached hydrogens (tertiary/aromatic N) is 1. The van der Waals surface area contributed by atoms with Crippen molar-refractivity contribution in [3.05, 3.63) is 46.1 Å². The van der Waals surface area contributed by atoms with Crippen molar-refractivity contribution >= 4 is 34.8 Å². The van der Waals surface area contributed by atoms with Gasteiger partial charge in [0.1, 0.15) is 16.9 Å². The van der Waals surface area contributed by atoms with Crippen molar-refractivity contribution < 1.29 is 19.4 Å². The fraction of sp³-hybridized carbons (Fsp3) is 0.294. The summed E-state index contributed by atoms with van der Waals surface area (Å²) in [7, 11) is 0. The Morgan fingerprint density at radius 3 is 2.76 bits per heavy atom. The molecule has 0 radical (unpaired) electrons. The predicted molar refractivity (Wildman–Crippen MR) is 94.8 cm³/mol. The highest BCUT2D eigenvalue weighted by atomic mass is 35.5. The second-order valence-electron chi connectivity index (χ2n) is 5.56. The number of ether oxygens (including phenoxy) is 2. The van der Waals surface area contributed by atoms with Gasteiger partial charge in [0.2, 0.25) is 5.88 Å². The van der Waals surface area contributed by atoms with Gasteiger partial charge < -0.3 is 19.9 Å². The van der Waals surface area contributed by atoms with Crippen LogP contribution in [0.25, 0.3) is 0 Å². The van der Waals surface area contributed by atoms with Crippen LogP contribution in [0.4, 0.5) is 5.69 Å². The number of aromatic hydroxyl groups is 1. The minimum absolute atomic E-state index is 0.00170. The van der Waals surface area contributed by atoms with Gasteiger partial charge >= 0.3 is 0 Å². The molecule has 1 aromatic heterocycles. The number of benzene rings is 1. The summed E-state index contributed by atoms with van der Waals surface area (Å²) >= 11 is 12.0. The number of anilines is 1. The van der Waals surface area contributed by atoms with Crippen molar-refractivity contribution in [1.29, 1.82) is 0 Å². The molecule has 0 bridgehead atoms. The van der Waals surface area contributed by atoms with Crippen LogP contribution in [0.15, 0.2) is 30.5 Å². The molecule has 132 valence electrons. The van der Waals surface area contributed by atoms with Gasteiger partial charge in [-0.25, -0.2) is 4.98 Å². The number of halogens is 2. The van der Waals surface area contributed by atoms with Gasteiger partial charge in [-0.3, -0.25) is 4.79 Å². The smallest absolute Gasteiger partial charge is 0.257 e. The molecule has 1 aliphatic rings. The van der Waals surface area contributed by atoms with Crippen molar-refractivity contribution in [2.24, 2.45) is 0 Å². The van der Waals surface area contributed by atoms with Crippen LogP contribution in [-0.2, 0) is 4.74 Å². The van der Waals surface area contributed by atoms with Gasteiger partial charge in [0.25, 0.3) is 5.91 Å². The van der Waals surface area contributed by atoms with Crippen LogP contribution < -0.4 is 10.1 Å². The maximum absolute atomic E-state index is 12.3. The average Bonchev–Trinajstić information content (AvgIpc) is 2.61. The molecule has 3 rings (SSSR count). The molecule has 0 saturated carbocycles. The van der Waals surface area contributed by atoms with Crippen LogP contribution in [-0.4, -0.2) is 35.3 Å². The zero-order chi connectivity index (χ0) is 17.8. The molecule has 1 saturated heterocycles. The van der Waals surface area contributed by atoms with Gasteiger partial charge in [0.15, 0.2) is 0 Å². The van der Waals surface area contributed by atoms with E-state index in [0.717, 1.165) is 12.8 Å². The summed E-state index contributed by atoms with van der Waals surface area (Å²) < 4.78 is 11.0. The van der Waals surface area contributed by atoms with Gasteiger partial charge in [-0.1, -0.05) is 23.2 Å². The minimum atomic E-state index is -0.468. The molecule has 0 unspecified atom stereocenters. The number of phenolic OH excluding ortho intramolecular Hbond substituents is 1. The maximum Gasteiger partial charge on any atom is 0.257 e. The van der Waals surface area contributed by atoms with E-state index in [1.807, 2.05) is 0 Å². The minimum Gasteiger partial charge on any atom is -0.506 e. The number of carbonyl (C=O) groups excluding carboxylic acids is 1. The van der Waals surface area contributed by atoms with E-state index in [0.29, 0.717) is 18.2 Å². The molecular weight excluding hydrogens is 367 g/mol. The number of hydrogen-bond acceptors (Lipinski definition) is 5. The molecule has 2 heterocycles. The Morgan fingerprint density at radius 2 is 2.04 bits per heavy atom. The summed E-state index contributed by atoms with van der Waals surface area (Å²) in [5, 5.41) is 13.0. The van der Waals surface area contributed by atoms with Gasteiger partial charge in [-0.05, 0) is 24.3 Å². The van der Waals surface area contributed by atoms with Crippen LogP contribution >= 0.6 is 23.2 Å². The fourth-order valence-electron chi connectivity index (χ4n) is 2.39. The molecule has 1 aromatic carbocycles. The number of nitrogens with one attached hydrogen (secondary N) is 1. The van der Waals surface area contributed by atoms with Crippen LogP contribution in [0, 0.1) is 0 Å². The molecule has 6 nitrogen and oxygen atoms in total. The van der Waals surface area contributed by atoms with Crippen molar-refractivity contribution in [2.75, 3.05) is 18.5 Å². The monoisotopic (exact) mass is 382 g/mol. The topological polar surface area (TPSA) is 80.7 Å².